The first-order valence-electron chi connectivity index (χ1n) is 9.96. The molecule has 1 saturated heterocycles. The van der Waals surface area contributed by atoms with Crippen LogP contribution < -0.4 is 5.56 Å². The second-order valence-electron chi connectivity index (χ2n) is 7.04. The van der Waals surface area contributed by atoms with Crippen LogP contribution in [0.5, 0.6) is 5.75 Å². The van der Waals surface area contributed by atoms with Crippen molar-refractivity contribution in [1.82, 2.24) is 19.4 Å². The van der Waals surface area contributed by atoms with Gasteiger partial charge in [-0.15, -0.1) is 0 Å². The second kappa shape index (κ2) is 9.09. The van der Waals surface area contributed by atoms with Gasteiger partial charge in [0.25, 0.3) is 5.56 Å². The van der Waals surface area contributed by atoms with Crippen molar-refractivity contribution in [2.24, 2.45) is 0 Å². The Labute approximate surface area is 170 Å². The predicted molar refractivity (Wildman–Crippen MR) is 109 cm³/mol. The highest BCUT2D eigenvalue weighted by Gasteiger charge is 2.32. The molecule has 8 nitrogen and oxygen atoms in total. The van der Waals surface area contributed by atoms with E-state index in [1.54, 1.807) is 34.9 Å². The lowest BCUT2D eigenvalue weighted by Crippen LogP contribution is -2.50. The van der Waals surface area contributed by atoms with Crippen LogP contribution in [-0.2, 0) is 11.3 Å². The third-order valence-corrected chi connectivity index (χ3v) is 5.32. The molecule has 29 heavy (non-hydrogen) atoms. The Morgan fingerprint density at radius 3 is 2.59 bits per heavy atom. The van der Waals surface area contributed by atoms with E-state index < -0.39 is 6.04 Å². The molecule has 0 aliphatic carbocycles. The maximum absolute atomic E-state index is 13.2. The molecule has 0 bridgehead atoms. The molecule has 3 rings (SSSR count). The van der Waals surface area contributed by atoms with Gasteiger partial charge in [0.2, 0.25) is 0 Å². The number of ether oxygens (including phenoxy) is 1. The number of aromatic hydroxyl groups is 1. The first kappa shape index (κ1) is 20.9. The molecule has 0 radical (unpaired) electrons. The highest BCUT2D eigenvalue weighted by atomic mass is 16.6. The largest absolute Gasteiger partial charge is 0.507 e. The normalized spacial score (nSPS) is 15.9. The van der Waals surface area contributed by atoms with Gasteiger partial charge in [0.15, 0.2) is 0 Å². The average molecular weight is 400 g/mol. The van der Waals surface area contributed by atoms with Crippen molar-refractivity contribution in [3.8, 4) is 5.75 Å². The van der Waals surface area contributed by atoms with Crippen molar-refractivity contribution in [3.05, 3.63) is 57.8 Å². The van der Waals surface area contributed by atoms with Crippen LogP contribution in [0.3, 0.4) is 0 Å². The standard InChI is InChI=1S/C21H28N4O4/c1-4-25-15(3)13-17(26)18(20(25)27)19(16-7-6-8-22-14-16)23-9-11-24(12-10-23)21(28)29-5-2/h6-8,13-14,19,26H,4-5,9-12H2,1-3H3/t19-/m0/s1. The second-order valence-corrected chi connectivity index (χ2v) is 7.04. The van der Waals surface area contributed by atoms with Gasteiger partial charge in [-0.25, -0.2) is 4.79 Å². The van der Waals surface area contributed by atoms with E-state index in [0.717, 1.165) is 11.3 Å². The maximum atomic E-state index is 13.2. The van der Waals surface area contributed by atoms with E-state index >= 15 is 0 Å². The zero-order valence-corrected chi connectivity index (χ0v) is 17.2. The van der Waals surface area contributed by atoms with Crippen LogP contribution in [-0.4, -0.2) is 63.3 Å². The number of nitrogens with zero attached hydrogens (tertiary/aromatic N) is 4. The first-order valence-corrected chi connectivity index (χ1v) is 9.96. The number of aryl methyl sites for hydroxylation is 1. The number of piperazine rings is 1. The van der Waals surface area contributed by atoms with Gasteiger partial charge in [0.1, 0.15) is 5.75 Å². The summed E-state index contributed by atoms with van der Waals surface area (Å²) in [6.45, 7) is 8.45. The number of hydrogen-bond acceptors (Lipinski definition) is 6. The van der Waals surface area contributed by atoms with Crippen molar-refractivity contribution in [2.45, 2.75) is 33.4 Å². The third-order valence-electron chi connectivity index (χ3n) is 5.32. The molecule has 0 saturated carbocycles. The summed E-state index contributed by atoms with van der Waals surface area (Å²) in [5.41, 5.74) is 1.69. The van der Waals surface area contributed by atoms with Crippen molar-refractivity contribution in [3.63, 3.8) is 0 Å². The summed E-state index contributed by atoms with van der Waals surface area (Å²) in [7, 11) is 0. The number of rotatable bonds is 5. The maximum Gasteiger partial charge on any atom is 0.409 e. The van der Waals surface area contributed by atoms with Gasteiger partial charge in [-0.3, -0.25) is 14.7 Å². The van der Waals surface area contributed by atoms with E-state index in [1.807, 2.05) is 26.0 Å². The Hall–Kier alpha value is -2.87. The number of carbonyl (C=O) groups excluding carboxylic acids is 1. The summed E-state index contributed by atoms with van der Waals surface area (Å²) in [5.74, 6) is -0.0149. The van der Waals surface area contributed by atoms with E-state index in [0.29, 0.717) is 44.9 Å². The molecule has 0 spiro atoms. The number of amides is 1. The molecule has 2 aromatic rings. The fourth-order valence-electron chi connectivity index (χ4n) is 3.89. The predicted octanol–water partition coefficient (Wildman–Crippen LogP) is 2.14. The van der Waals surface area contributed by atoms with Crippen LogP contribution in [0.15, 0.2) is 35.4 Å². The van der Waals surface area contributed by atoms with Gasteiger partial charge < -0.3 is 19.3 Å². The summed E-state index contributed by atoms with van der Waals surface area (Å²) in [5, 5.41) is 10.7. The van der Waals surface area contributed by atoms with E-state index in [1.165, 1.54) is 0 Å². The average Bonchev–Trinajstić information content (AvgIpc) is 2.72. The Morgan fingerprint density at radius 1 is 1.28 bits per heavy atom. The number of hydrogen-bond donors (Lipinski definition) is 1. The SMILES string of the molecule is CCOC(=O)N1CCN([C@@H](c2cccnc2)c2c(O)cc(C)n(CC)c2=O)CC1. The molecular weight excluding hydrogens is 372 g/mol. The molecule has 0 unspecified atom stereocenters. The third kappa shape index (κ3) is 4.27. The fourth-order valence-corrected chi connectivity index (χ4v) is 3.89. The number of aromatic nitrogens is 2. The van der Waals surface area contributed by atoms with Gasteiger partial charge in [-0.1, -0.05) is 6.07 Å². The zero-order chi connectivity index (χ0) is 21.0. The highest BCUT2D eigenvalue weighted by Crippen LogP contribution is 2.32. The van der Waals surface area contributed by atoms with E-state index in [-0.39, 0.29) is 17.4 Å². The van der Waals surface area contributed by atoms with Crippen LogP contribution in [0.2, 0.25) is 0 Å². The van der Waals surface area contributed by atoms with Crippen LogP contribution in [0.4, 0.5) is 4.79 Å². The van der Waals surface area contributed by atoms with Crippen LogP contribution >= 0.6 is 0 Å². The smallest absolute Gasteiger partial charge is 0.409 e. The lowest BCUT2D eigenvalue weighted by atomic mass is 9.97. The quantitative estimate of drug-likeness (QED) is 0.827. The Bertz CT molecular complexity index is 905. The van der Waals surface area contributed by atoms with Crippen LogP contribution in [0.25, 0.3) is 0 Å². The van der Waals surface area contributed by atoms with Crippen LogP contribution in [0, 0.1) is 6.92 Å². The van der Waals surface area contributed by atoms with Gasteiger partial charge >= 0.3 is 6.09 Å². The molecule has 1 aliphatic heterocycles. The van der Waals surface area contributed by atoms with Gasteiger partial charge in [-0.2, -0.15) is 0 Å². The molecule has 8 heteroatoms. The van der Waals surface area contributed by atoms with Crippen molar-refractivity contribution in [2.75, 3.05) is 32.8 Å². The fraction of sp³-hybridized carbons (Fsp3) is 0.476. The van der Waals surface area contributed by atoms with Crippen molar-refractivity contribution >= 4 is 6.09 Å². The zero-order valence-electron chi connectivity index (χ0n) is 17.2. The van der Waals surface area contributed by atoms with E-state index in [9.17, 15) is 14.7 Å². The first-order chi connectivity index (χ1) is 14.0. The molecule has 1 fully saturated rings. The van der Waals surface area contributed by atoms with Crippen molar-refractivity contribution in [1.29, 1.82) is 0 Å². The minimum absolute atomic E-state index is 0.0149. The molecule has 1 atom stereocenters. The summed E-state index contributed by atoms with van der Waals surface area (Å²) >= 11 is 0. The minimum atomic E-state index is -0.445. The summed E-state index contributed by atoms with van der Waals surface area (Å²) < 4.78 is 6.75. The lowest BCUT2D eigenvalue weighted by Gasteiger charge is -2.39. The Balaban J connectivity index is 1.99. The van der Waals surface area contributed by atoms with E-state index in [2.05, 4.69) is 9.88 Å². The van der Waals surface area contributed by atoms with Gasteiger partial charge in [-0.05, 0) is 38.5 Å². The minimum Gasteiger partial charge on any atom is -0.507 e. The molecule has 2 aromatic heterocycles. The topological polar surface area (TPSA) is 87.9 Å². The Kier molecular flexibility index (Phi) is 6.53. The Morgan fingerprint density at radius 2 is 2.00 bits per heavy atom. The van der Waals surface area contributed by atoms with Crippen LogP contribution in [0.1, 0.15) is 36.7 Å². The number of carbonyl (C=O) groups is 1. The number of pyridine rings is 2. The molecule has 3 heterocycles. The molecule has 1 amide bonds. The monoisotopic (exact) mass is 400 g/mol. The van der Waals surface area contributed by atoms with Gasteiger partial charge in [0.05, 0.1) is 18.2 Å². The molecule has 1 N–H and O–H groups in total. The van der Waals surface area contributed by atoms with Gasteiger partial charge in [0, 0.05) is 50.8 Å². The molecular formula is C21H28N4O4. The van der Waals surface area contributed by atoms with E-state index in [4.69, 9.17) is 4.74 Å². The lowest BCUT2D eigenvalue weighted by molar-refractivity contribution is 0.0708. The highest BCUT2D eigenvalue weighted by molar-refractivity contribution is 5.67. The van der Waals surface area contributed by atoms with Crippen molar-refractivity contribution < 1.29 is 14.6 Å². The molecule has 0 aromatic carbocycles. The summed E-state index contributed by atoms with van der Waals surface area (Å²) in [6, 6.07) is 4.92. The molecule has 156 valence electrons. The molecule has 1 aliphatic rings. The summed E-state index contributed by atoms with van der Waals surface area (Å²) in [4.78, 5) is 33.2. The summed E-state index contributed by atoms with van der Waals surface area (Å²) in [6.07, 6.45) is 3.08.